The van der Waals surface area contributed by atoms with Crippen LogP contribution in [0.1, 0.15) is 5.56 Å². The minimum Gasteiger partial charge on any atom is -0.433 e. The Labute approximate surface area is 121 Å². The molecule has 0 aliphatic carbocycles. The molecule has 0 spiro atoms. The van der Waals surface area contributed by atoms with Crippen LogP contribution in [0.25, 0.3) is 0 Å². The van der Waals surface area contributed by atoms with Gasteiger partial charge in [0, 0.05) is 0 Å². The molecule has 0 amide bonds. The van der Waals surface area contributed by atoms with Gasteiger partial charge >= 0.3 is 51.4 Å². The maximum Gasteiger partial charge on any atom is 1.00 e. The molecule has 0 saturated heterocycles. The van der Waals surface area contributed by atoms with Crippen LogP contribution in [-0.4, -0.2) is 4.20 Å². The standard InChI is InChI=1S/C8H8S2.K/c9-8(10)6-7-4-2-1-3-5-7;/h1-5H,6H2,(H,9,10);/q;+1/p-1. The predicted octanol–water partition coefficient (Wildman–Crippen LogP) is -0.893. The predicted molar refractivity (Wildman–Crippen MR) is 50.1 cm³/mol. The summed E-state index contributed by atoms with van der Waals surface area (Å²) in [4.78, 5) is 0. The van der Waals surface area contributed by atoms with Gasteiger partial charge in [-0.05, 0) is 12.0 Å². The second kappa shape index (κ2) is 6.66. The Hall–Kier alpha value is 1.17. The summed E-state index contributed by atoms with van der Waals surface area (Å²) < 4.78 is 0.631. The average Bonchev–Trinajstić information content (AvgIpc) is 1.88. The summed E-state index contributed by atoms with van der Waals surface area (Å²) in [5.74, 6) is 0. The van der Waals surface area contributed by atoms with Crippen molar-refractivity contribution in [3.8, 4) is 0 Å². The van der Waals surface area contributed by atoms with Gasteiger partial charge < -0.3 is 24.8 Å². The SMILES string of the molecule is S=C([S-])Cc1ccccc1.[K+]. The van der Waals surface area contributed by atoms with Crippen molar-refractivity contribution in [1.29, 1.82) is 0 Å². The first-order valence-electron chi connectivity index (χ1n) is 3.03. The van der Waals surface area contributed by atoms with E-state index in [2.05, 4.69) is 0 Å². The Kier molecular flexibility index (Phi) is 7.36. The van der Waals surface area contributed by atoms with E-state index in [4.69, 9.17) is 24.8 Å². The van der Waals surface area contributed by atoms with Gasteiger partial charge in [0.05, 0.1) is 0 Å². The fourth-order valence-corrected chi connectivity index (χ4v) is 1.10. The van der Waals surface area contributed by atoms with Crippen molar-refractivity contribution in [3.05, 3.63) is 35.9 Å². The summed E-state index contributed by atoms with van der Waals surface area (Å²) in [6.45, 7) is 0. The van der Waals surface area contributed by atoms with Crippen molar-refractivity contribution in [3.63, 3.8) is 0 Å². The van der Waals surface area contributed by atoms with E-state index in [0.717, 1.165) is 6.42 Å². The molecule has 0 heterocycles. The molecule has 1 aromatic rings. The van der Waals surface area contributed by atoms with E-state index < -0.39 is 0 Å². The van der Waals surface area contributed by atoms with Crippen molar-refractivity contribution in [1.82, 2.24) is 0 Å². The molecule has 0 N–H and O–H groups in total. The minimum atomic E-state index is 0. The normalized spacial score (nSPS) is 8.36. The second-order valence-electron chi connectivity index (χ2n) is 2.03. The largest absolute Gasteiger partial charge is 1.00 e. The summed E-state index contributed by atoms with van der Waals surface area (Å²) in [6, 6.07) is 10.0. The number of hydrogen-bond acceptors (Lipinski definition) is 2. The van der Waals surface area contributed by atoms with Crippen molar-refractivity contribution in [2.24, 2.45) is 0 Å². The molecular weight excluding hydrogens is 199 g/mol. The van der Waals surface area contributed by atoms with Crippen LogP contribution >= 0.6 is 12.2 Å². The number of benzene rings is 1. The molecule has 0 atom stereocenters. The van der Waals surface area contributed by atoms with Gasteiger partial charge in [0.15, 0.2) is 0 Å². The molecule has 0 radical (unpaired) electrons. The van der Waals surface area contributed by atoms with Gasteiger partial charge in [-0.3, -0.25) is 0 Å². The summed E-state index contributed by atoms with van der Waals surface area (Å²) in [5, 5.41) is 0. The fourth-order valence-electron chi connectivity index (χ4n) is 0.763. The van der Waals surface area contributed by atoms with E-state index in [1.54, 1.807) is 0 Å². The monoisotopic (exact) mass is 206 g/mol. The first-order chi connectivity index (χ1) is 4.79. The number of hydrogen-bond donors (Lipinski definition) is 0. The molecule has 0 aliphatic heterocycles. The van der Waals surface area contributed by atoms with Crippen LogP contribution in [0.4, 0.5) is 0 Å². The fraction of sp³-hybridized carbons (Fsp3) is 0.125. The third kappa shape index (κ3) is 5.41. The average molecular weight is 206 g/mol. The van der Waals surface area contributed by atoms with Crippen LogP contribution in [0.3, 0.4) is 0 Å². The molecule has 3 heteroatoms. The van der Waals surface area contributed by atoms with E-state index in [9.17, 15) is 0 Å². The molecule has 1 aromatic carbocycles. The Morgan fingerprint density at radius 3 is 2.27 bits per heavy atom. The molecule has 0 bridgehead atoms. The minimum absolute atomic E-state index is 0. The van der Waals surface area contributed by atoms with Gasteiger partial charge in [-0.25, -0.2) is 0 Å². The van der Waals surface area contributed by atoms with E-state index >= 15 is 0 Å². The first-order valence-corrected chi connectivity index (χ1v) is 3.84. The molecule has 0 fully saturated rings. The van der Waals surface area contributed by atoms with Crippen molar-refractivity contribution in [2.75, 3.05) is 0 Å². The van der Waals surface area contributed by atoms with Crippen molar-refractivity contribution >= 4 is 29.0 Å². The Balaban J connectivity index is 0.000001000. The van der Waals surface area contributed by atoms with Crippen LogP contribution < -0.4 is 51.4 Å². The summed E-state index contributed by atoms with van der Waals surface area (Å²) in [7, 11) is 0. The molecule has 0 unspecified atom stereocenters. The molecule has 52 valence electrons. The van der Waals surface area contributed by atoms with Gasteiger partial charge in [-0.2, -0.15) is 0 Å². The molecule has 11 heavy (non-hydrogen) atoms. The quantitative estimate of drug-likeness (QED) is 0.350. The Bertz CT molecular complexity index is 221. The van der Waals surface area contributed by atoms with Crippen molar-refractivity contribution < 1.29 is 51.4 Å². The van der Waals surface area contributed by atoms with Crippen molar-refractivity contribution in [2.45, 2.75) is 6.42 Å². The number of rotatable bonds is 2. The molecule has 0 aliphatic rings. The van der Waals surface area contributed by atoms with E-state index in [1.807, 2.05) is 30.3 Å². The van der Waals surface area contributed by atoms with Crippen LogP contribution in [-0.2, 0) is 19.0 Å². The first kappa shape index (κ1) is 12.2. The molecule has 0 nitrogen and oxygen atoms in total. The van der Waals surface area contributed by atoms with Crippen LogP contribution in [0.2, 0.25) is 0 Å². The Morgan fingerprint density at radius 1 is 1.27 bits per heavy atom. The van der Waals surface area contributed by atoms with Gasteiger partial charge in [0.1, 0.15) is 0 Å². The summed E-state index contributed by atoms with van der Waals surface area (Å²) >= 11 is 9.58. The van der Waals surface area contributed by atoms with E-state index in [0.29, 0.717) is 4.20 Å². The van der Waals surface area contributed by atoms with E-state index in [-0.39, 0.29) is 51.4 Å². The number of thiocarbonyl (C=S) groups is 1. The molecule has 1 rings (SSSR count). The maximum atomic E-state index is 4.79. The van der Waals surface area contributed by atoms with Gasteiger partial charge in [-0.1, -0.05) is 30.3 Å². The topological polar surface area (TPSA) is 0 Å². The van der Waals surface area contributed by atoms with Crippen LogP contribution in [0, 0.1) is 0 Å². The zero-order chi connectivity index (χ0) is 7.40. The summed E-state index contributed by atoms with van der Waals surface area (Å²) in [6.07, 6.45) is 0.742. The van der Waals surface area contributed by atoms with Gasteiger partial charge in [0.25, 0.3) is 0 Å². The third-order valence-electron chi connectivity index (χ3n) is 1.19. The summed E-state index contributed by atoms with van der Waals surface area (Å²) in [5.41, 5.74) is 1.20. The van der Waals surface area contributed by atoms with Crippen LogP contribution in [0.5, 0.6) is 0 Å². The molecule has 0 saturated carbocycles. The van der Waals surface area contributed by atoms with Crippen LogP contribution in [0.15, 0.2) is 30.3 Å². The third-order valence-corrected chi connectivity index (χ3v) is 1.48. The zero-order valence-electron chi connectivity index (χ0n) is 6.41. The molecule has 0 aromatic heterocycles. The van der Waals surface area contributed by atoms with Gasteiger partial charge in [0.2, 0.25) is 0 Å². The Morgan fingerprint density at radius 2 is 1.82 bits per heavy atom. The smallest absolute Gasteiger partial charge is 0.433 e. The maximum absolute atomic E-state index is 4.79. The van der Waals surface area contributed by atoms with E-state index in [1.165, 1.54) is 5.56 Å². The molecular formula is C8H7KS2. The zero-order valence-corrected chi connectivity index (χ0v) is 11.2. The van der Waals surface area contributed by atoms with Gasteiger partial charge in [-0.15, -0.1) is 4.20 Å². The second-order valence-corrected chi connectivity index (χ2v) is 3.28.